The van der Waals surface area contributed by atoms with E-state index in [1.807, 2.05) is 27.0 Å². The monoisotopic (exact) mass is 298 g/mol. The van der Waals surface area contributed by atoms with Gasteiger partial charge in [0.05, 0.1) is 5.02 Å². The number of halogens is 1. The van der Waals surface area contributed by atoms with E-state index >= 15 is 0 Å². The Bertz CT molecular complexity index is 453. The van der Waals surface area contributed by atoms with Gasteiger partial charge in [-0.3, -0.25) is 9.69 Å². The smallest absolute Gasteiger partial charge is 0.223 e. The topological polar surface area (TPSA) is 62.5 Å². The standard InChI is InChI=1S/C12H17ClN4O.C2H6/c1-16-6-7-17(5-3-10(16)18)8-9-2-4-15-12(14)11(9)13;1-2/h2,4H,3,5-8H2,1H3,(H2,14,15);1-2H3. The van der Waals surface area contributed by atoms with Crippen molar-refractivity contribution in [1.82, 2.24) is 14.8 Å². The molecular formula is C14H23ClN4O. The van der Waals surface area contributed by atoms with Crippen LogP contribution in [0.5, 0.6) is 0 Å². The summed E-state index contributed by atoms with van der Waals surface area (Å²) < 4.78 is 0. The van der Waals surface area contributed by atoms with Gasteiger partial charge in [0.1, 0.15) is 5.82 Å². The van der Waals surface area contributed by atoms with Gasteiger partial charge in [0.15, 0.2) is 0 Å². The zero-order valence-electron chi connectivity index (χ0n) is 12.4. The first-order valence-electron chi connectivity index (χ1n) is 6.93. The number of amides is 1. The van der Waals surface area contributed by atoms with E-state index in [0.717, 1.165) is 25.2 Å². The normalized spacial score (nSPS) is 16.4. The molecule has 0 saturated carbocycles. The molecule has 1 fully saturated rings. The molecule has 0 spiro atoms. The number of rotatable bonds is 2. The molecule has 0 unspecified atom stereocenters. The molecule has 112 valence electrons. The Balaban J connectivity index is 0.000000956. The van der Waals surface area contributed by atoms with Crippen LogP contribution in [0.15, 0.2) is 12.3 Å². The van der Waals surface area contributed by atoms with Gasteiger partial charge in [-0.05, 0) is 11.6 Å². The molecular weight excluding hydrogens is 276 g/mol. The number of hydrogen-bond acceptors (Lipinski definition) is 4. The lowest BCUT2D eigenvalue weighted by Gasteiger charge is -2.20. The summed E-state index contributed by atoms with van der Waals surface area (Å²) >= 11 is 6.12. The highest BCUT2D eigenvalue weighted by molar-refractivity contribution is 6.33. The van der Waals surface area contributed by atoms with Crippen molar-refractivity contribution in [2.24, 2.45) is 0 Å². The minimum Gasteiger partial charge on any atom is -0.382 e. The number of nitrogen functional groups attached to an aromatic ring is 1. The predicted molar refractivity (Wildman–Crippen MR) is 82.5 cm³/mol. The maximum Gasteiger partial charge on any atom is 0.223 e. The van der Waals surface area contributed by atoms with Gasteiger partial charge in [0, 0.05) is 45.8 Å². The van der Waals surface area contributed by atoms with Crippen molar-refractivity contribution in [3.05, 3.63) is 22.8 Å². The molecule has 0 radical (unpaired) electrons. The average molecular weight is 299 g/mol. The lowest BCUT2D eigenvalue weighted by molar-refractivity contribution is -0.129. The third-order valence-electron chi connectivity index (χ3n) is 3.21. The maximum absolute atomic E-state index is 11.6. The summed E-state index contributed by atoms with van der Waals surface area (Å²) in [6.45, 7) is 7.05. The van der Waals surface area contributed by atoms with Gasteiger partial charge < -0.3 is 10.6 Å². The van der Waals surface area contributed by atoms with Crippen LogP contribution in [0.3, 0.4) is 0 Å². The molecule has 6 heteroatoms. The molecule has 0 atom stereocenters. The van der Waals surface area contributed by atoms with Gasteiger partial charge >= 0.3 is 0 Å². The second-order valence-electron chi connectivity index (χ2n) is 4.51. The van der Waals surface area contributed by atoms with Gasteiger partial charge in [0.2, 0.25) is 5.91 Å². The molecule has 1 aliphatic heterocycles. The number of carbonyl (C=O) groups is 1. The molecule has 2 heterocycles. The fourth-order valence-corrected chi connectivity index (χ4v) is 2.17. The van der Waals surface area contributed by atoms with E-state index in [9.17, 15) is 4.79 Å². The number of anilines is 1. The molecule has 1 aromatic heterocycles. The number of aromatic nitrogens is 1. The van der Waals surface area contributed by atoms with Crippen LogP contribution < -0.4 is 5.73 Å². The summed E-state index contributed by atoms with van der Waals surface area (Å²) in [7, 11) is 1.84. The van der Waals surface area contributed by atoms with Crippen LogP contribution in [-0.2, 0) is 11.3 Å². The van der Waals surface area contributed by atoms with E-state index in [1.165, 1.54) is 0 Å². The highest BCUT2D eigenvalue weighted by Crippen LogP contribution is 2.22. The molecule has 2 N–H and O–H groups in total. The molecule has 1 saturated heterocycles. The Morgan fingerprint density at radius 2 is 2.05 bits per heavy atom. The predicted octanol–water partition coefficient (Wildman–Crippen LogP) is 2.01. The first-order valence-corrected chi connectivity index (χ1v) is 7.31. The number of nitrogens with zero attached hydrogens (tertiary/aromatic N) is 3. The molecule has 5 nitrogen and oxygen atoms in total. The quantitative estimate of drug-likeness (QED) is 0.907. The Kier molecular flexibility index (Phi) is 6.75. The summed E-state index contributed by atoms with van der Waals surface area (Å²) in [5, 5.41) is 0.515. The molecule has 0 aromatic carbocycles. The number of nitrogens with two attached hydrogens (primary N) is 1. The number of carbonyl (C=O) groups excluding carboxylic acids is 1. The van der Waals surface area contributed by atoms with E-state index in [1.54, 1.807) is 11.1 Å². The van der Waals surface area contributed by atoms with Gasteiger partial charge in [-0.25, -0.2) is 4.98 Å². The van der Waals surface area contributed by atoms with E-state index in [0.29, 0.717) is 23.8 Å². The van der Waals surface area contributed by atoms with E-state index in [2.05, 4.69) is 9.88 Å². The van der Waals surface area contributed by atoms with Gasteiger partial charge in [-0.2, -0.15) is 0 Å². The van der Waals surface area contributed by atoms with Crippen molar-refractivity contribution in [1.29, 1.82) is 0 Å². The van der Waals surface area contributed by atoms with Crippen LogP contribution in [0, 0.1) is 0 Å². The SMILES string of the molecule is CC.CN1CCN(Cc2ccnc(N)c2Cl)CCC1=O. The average Bonchev–Trinajstić information content (AvgIpc) is 2.62. The Morgan fingerprint density at radius 1 is 1.35 bits per heavy atom. The van der Waals surface area contributed by atoms with Crippen molar-refractivity contribution in [3.63, 3.8) is 0 Å². The van der Waals surface area contributed by atoms with Gasteiger partial charge in [-0.15, -0.1) is 0 Å². The number of pyridine rings is 1. The molecule has 0 bridgehead atoms. The number of hydrogen-bond donors (Lipinski definition) is 1. The fourth-order valence-electron chi connectivity index (χ4n) is 2.00. The summed E-state index contributed by atoms with van der Waals surface area (Å²) in [6, 6.07) is 1.87. The van der Waals surface area contributed by atoms with Crippen LogP contribution in [0.25, 0.3) is 0 Å². The van der Waals surface area contributed by atoms with Crippen molar-refractivity contribution in [2.75, 3.05) is 32.4 Å². The maximum atomic E-state index is 11.6. The van der Waals surface area contributed by atoms with Gasteiger partial charge in [-0.1, -0.05) is 25.4 Å². The van der Waals surface area contributed by atoms with Crippen molar-refractivity contribution in [3.8, 4) is 0 Å². The van der Waals surface area contributed by atoms with E-state index < -0.39 is 0 Å². The lowest BCUT2D eigenvalue weighted by atomic mass is 10.2. The highest BCUT2D eigenvalue weighted by atomic mass is 35.5. The van der Waals surface area contributed by atoms with Crippen LogP contribution in [-0.4, -0.2) is 47.4 Å². The fraction of sp³-hybridized carbons (Fsp3) is 0.571. The highest BCUT2D eigenvalue weighted by Gasteiger charge is 2.18. The van der Waals surface area contributed by atoms with Crippen molar-refractivity contribution < 1.29 is 4.79 Å². The van der Waals surface area contributed by atoms with E-state index in [-0.39, 0.29) is 5.91 Å². The third kappa shape index (κ3) is 4.35. The van der Waals surface area contributed by atoms with Crippen molar-refractivity contribution >= 4 is 23.3 Å². The Morgan fingerprint density at radius 3 is 2.75 bits per heavy atom. The van der Waals surface area contributed by atoms with Crippen LogP contribution in [0.2, 0.25) is 5.02 Å². The minimum atomic E-state index is 0.192. The van der Waals surface area contributed by atoms with Gasteiger partial charge in [0.25, 0.3) is 0 Å². The third-order valence-corrected chi connectivity index (χ3v) is 3.65. The molecule has 20 heavy (non-hydrogen) atoms. The second-order valence-corrected chi connectivity index (χ2v) is 4.89. The lowest BCUT2D eigenvalue weighted by Crippen LogP contribution is -2.29. The molecule has 2 rings (SSSR count). The van der Waals surface area contributed by atoms with Crippen molar-refractivity contribution in [2.45, 2.75) is 26.8 Å². The Hall–Kier alpha value is -1.33. The summed E-state index contributed by atoms with van der Waals surface area (Å²) in [5.41, 5.74) is 6.64. The minimum absolute atomic E-state index is 0.192. The van der Waals surface area contributed by atoms with Crippen LogP contribution >= 0.6 is 11.6 Å². The van der Waals surface area contributed by atoms with Crippen LogP contribution in [0.4, 0.5) is 5.82 Å². The first-order chi connectivity index (χ1) is 9.58. The summed E-state index contributed by atoms with van der Waals surface area (Å²) in [5.74, 6) is 0.551. The Labute approximate surface area is 125 Å². The second kappa shape index (κ2) is 8.07. The molecule has 1 aromatic rings. The first kappa shape index (κ1) is 16.7. The molecule has 1 aliphatic rings. The summed E-state index contributed by atoms with van der Waals surface area (Å²) in [4.78, 5) is 19.5. The molecule has 1 amide bonds. The largest absolute Gasteiger partial charge is 0.382 e. The summed E-state index contributed by atoms with van der Waals surface area (Å²) in [6.07, 6.45) is 2.21. The van der Waals surface area contributed by atoms with Crippen LogP contribution in [0.1, 0.15) is 25.8 Å². The molecule has 0 aliphatic carbocycles. The van der Waals surface area contributed by atoms with E-state index in [4.69, 9.17) is 17.3 Å². The zero-order chi connectivity index (χ0) is 15.1. The number of likely N-dealkylation sites (N-methyl/N-ethyl adjacent to an activating group) is 1. The zero-order valence-corrected chi connectivity index (χ0v) is 13.2.